The molecule has 0 aliphatic carbocycles. The zero-order valence-electron chi connectivity index (χ0n) is 16.8. The third-order valence-electron chi connectivity index (χ3n) is 5.74. The van der Waals surface area contributed by atoms with E-state index in [1.54, 1.807) is 22.7 Å². The van der Waals surface area contributed by atoms with Gasteiger partial charge in [0.2, 0.25) is 5.91 Å². The Bertz CT molecular complexity index is 926. The van der Waals surface area contributed by atoms with Crippen molar-refractivity contribution in [1.82, 2.24) is 4.90 Å². The van der Waals surface area contributed by atoms with Gasteiger partial charge in [-0.15, -0.1) is 11.8 Å². The summed E-state index contributed by atoms with van der Waals surface area (Å²) in [5.74, 6) is 0.601. The zero-order valence-corrected chi connectivity index (χ0v) is 17.6. The molecule has 8 heteroatoms. The number of amides is 1. The second-order valence-electron chi connectivity index (χ2n) is 7.67. The van der Waals surface area contributed by atoms with Gasteiger partial charge in [0, 0.05) is 50.4 Å². The van der Waals surface area contributed by atoms with Crippen LogP contribution in [0.4, 0.5) is 24.5 Å². The molecule has 4 nitrogen and oxygen atoms in total. The van der Waals surface area contributed by atoms with E-state index < -0.39 is 11.7 Å². The lowest BCUT2D eigenvalue weighted by Gasteiger charge is -2.36. The highest BCUT2D eigenvalue weighted by Crippen LogP contribution is 2.35. The van der Waals surface area contributed by atoms with Crippen molar-refractivity contribution in [3.63, 3.8) is 0 Å². The molecule has 2 heterocycles. The molecule has 1 saturated heterocycles. The van der Waals surface area contributed by atoms with Gasteiger partial charge in [0.25, 0.3) is 0 Å². The summed E-state index contributed by atoms with van der Waals surface area (Å²) in [7, 11) is 1.81. The van der Waals surface area contributed by atoms with Gasteiger partial charge in [-0.25, -0.2) is 0 Å². The van der Waals surface area contributed by atoms with Crippen molar-refractivity contribution >= 4 is 29.0 Å². The van der Waals surface area contributed by atoms with Crippen LogP contribution in [-0.4, -0.2) is 56.3 Å². The summed E-state index contributed by atoms with van der Waals surface area (Å²) >= 11 is 1.59. The van der Waals surface area contributed by atoms with E-state index in [9.17, 15) is 18.0 Å². The average molecular weight is 436 g/mol. The van der Waals surface area contributed by atoms with Crippen LogP contribution >= 0.6 is 11.8 Å². The Kier molecular flexibility index (Phi) is 5.97. The van der Waals surface area contributed by atoms with Crippen molar-refractivity contribution in [3.8, 4) is 0 Å². The Balaban J connectivity index is 1.31. The molecule has 0 atom stereocenters. The first-order chi connectivity index (χ1) is 14.3. The van der Waals surface area contributed by atoms with E-state index in [2.05, 4.69) is 17.0 Å². The topological polar surface area (TPSA) is 26.8 Å². The highest BCUT2D eigenvalue weighted by atomic mass is 32.2. The molecule has 2 aliphatic heterocycles. The smallest absolute Gasteiger partial charge is 0.369 e. The van der Waals surface area contributed by atoms with Crippen LogP contribution in [0.5, 0.6) is 0 Å². The molecule has 0 bridgehead atoms. The Labute approximate surface area is 178 Å². The first-order valence-corrected chi connectivity index (χ1v) is 11.0. The maximum absolute atomic E-state index is 13.0. The Morgan fingerprint density at radius 2 is 1.80 bits per heavy atom. The van der Waals surface area contributed by atoms with Crippen LogP contribution in [0.1, 0.15) is 11.1 Å². The van der Waals surface area contributed by atoms with Crippen LogP contribution in [0, 0.1) is 0 Å². The molecule has 0 spiro atoms. The number of thioether (sulfide) groups is 1. The van der Waals surface area contributed by atoms with Crippen molar-refractivity contribution in [2.45, 2.75) is 17.5 Å². The molecule has 0 unspecified atom stereocenters. The number of alkyl halides is 3. The number of anilines is 2. The number of hydrogen-bond acceptors (Lipinski definition) is 4. The van der Waals surface area contributed by atoms with Crippen LogP contribution in [0.25, 0.3) is 0 Å². The minimum atomic E-state index is -4.31. The third-order valence-corrected chi connectivity index (χ3v) is 6.77. The fourth-order valence-electron chi connectivity index (χ4n) is 3.87. The first kappa shape index (κ1) is 21.1. The molecule has 0 radical (unpaired) electrons. The number of fused-ring (bicyclic) bond motifs is 1. The minimum absolute atomic E-state index is 0.124. The quantitative estimate of drug-likeness (QED) is 0.721. The Morgan fingerprint density at radius 3 is 2.53 bits per heavy atom. The van der Waals surface area contributed by atoms with E-state index in [0.29, 0.717) is 24.5 Å². The molecule has 2 aromatic rings. The molecule has 2 aromatic carbocycles. The molecular weight excluding hydrogens is 411 g/mol. The van der Waals surface area contributed by atoms with E-state index in [1.165, 1.54) is 17.7 Å². The molecule has 1 amide bonds. The number of hydrogen-bond donors (Lipinski definition) is 0. The van der Waals surface area contributed by atoms with E-state index in [4.69, 9.17) is 0 Å². The van der Waals surface area contributed by atoms with E-state index in [0.717, 1.165) is 42.7 Å². The van der Waals surface area contributed by atoms with Crippen molar-refractivity contribution < 1.29 is 18.0 Å². The monoisotopic (exact) mass is 435 g/mol. The fraction of sp³-hybridized carbons (Fsp3) is 0.409. The minimum Gasteiger partial charge on any atom is -0.369 e. The number of halogens is 3. The van der Waals surface area contributed by atoms with Crippen LogP contribution in [0.15, 0.2) is 47.4 Å². The van der Waals surface area contributed by atoms with E-state index >= 15 is 0 Å². The summed E-state index contributed by atoms with van der Waals surface area (Å²) in [6.45, 7) is 4.00. The van der Waals surface area contributed by atoms with Gasteiger partial charge >= 0.3 is 6.18 Å². The van der Waals surface area contributed by atoms with E-state index in [1.807, 2.05) is 18.0 Å². The summed E-state index contributed by atoms with van der Waals surface area (Å²) < 4.78 is 38.9. The van der Waals surface area contributed by atoms with Gasteiger partial charge in [-0.3, -0.25) is 9.69 Å². The summed E-state index contributed by atoms with van der Waals surface area (Å²) in [5.41, 5.74) is 2.24. The fourth-order valence-corrected chi connectivity index (χ4v) is 4.93. The summed E-state index contributed by atoms with van der Waals surface area (Å²) in [4.78, 5) is 19.0. The van der Waals surface area contributed by atoms with Gasteiger partial charge < -0.3 is 9.80 Å². The maximum atomic E-state index is 13.0. The summed E-state index contributed by atoms with van der Waals surface area (Å²) in [5, 5.41) is 0. The van der Waals surface area contributed by atoms with Crippen molar-refractivity contribution in [3.05, 3.63) is 53.6 Å². The molecule has 160 valence electrons. The Morgan fingerprint density at radius 1 is 1.03 bits per heavy atom. The number of benzene rings is 2. The normalized spacial score (nSPS) is 17.9. The second kappa shape index (κ2) is 8.51. The molecule has 0 N–H and O–H groups in total. The van der Waals surface area contributed by atoms with Crippen LogP contribution < -0.4 is 9.80 Å². The predicted octanol–water partition coefficient (Wildman–Crippen LogP) is 4.14. The number of carbonyl (C=O) groups excluding carboxylic acids is 1. The lowest BCUT2D eigenvalue weighted by Crippen LogP contribution is -2.47. The van der Waals surface area contributed by atoms with Gasteiger partial charge in [0.1, 0.15) is 0 Å². The van der Waals surface area contributed by atoms with Gasteiger partial charge in [0.05, 0.1) is 17.0 Å². The lowest BCUT2D eigenvalue weighted by atomic mass is 10.1. The highest BCUT2D eigenvalue weighted by molar-refractivity contribution is 8.00. The van der Waals surface area contributed by atoms with Crippen molar-refractivity contribution in [2.75, 3.05) is 55.3 Å². The maximum Gasteiger partial charge on any atom is 0.416 e. The Hall–Kier alpha value is -2.19. The van der Waals surface area contributed by atoms with Gasteiger partial charge in [-0.05, 0) is 42.3 Å². The van der Waals surface area contributed by atoms with Crippen LogP contribution in [0.2, 0.25) is 0 Å². The molecular formula is C22H24F3N3OS. The van der Waals surface area contributed by atoms with Gasteiger partial charge in [0.15, 0.2) is 0 Å². The van der Waals surface area contributed by atoms with E-state index in [-0.39, 0.29) is 5.91 Å². The molecule has 4 rings (SSSR count). The van der Waals surface area contributed by atoms with Crippen LogP contribution in [-0.2, 0) is 17.4 Å². The highest BCUT2D eigenvalue weighted by Gasteiger charge is 2.31. The number of rotatable bonds is 4. The standard InChI is InChI=1S/C22H24F3N3OS/c1-26-19-6-5-16(13-20(19)30-15-21(26)29)7-8-27-9-11-28(12-10-27)18-4-2-3-17(14-18)22(23,24)25/h2-6,13-14H,7-12,15H2,1H3. The van der Waals surface area contributed by atoms with Crippen molar-refractivity contribution in [2.24, 2.45) is 0 Å². The average Bonchev–Trinajstić information content (AvgIpc) is 2.75. The molecule has 0 saturated carbocycles. The van der Waals surface area contributed by atoms with Crippen LogP contribution in [0.3, 0.4) is 0 Å². The van der Waals surface area contributed by atoms with Gasteiger partial charge in [-0.2, -0.15) is 13.2 Å². The first-order valence-electron chi connectivity index (χ1n) is 9.98. The number of nitrogens with zero attached hydrogens (tertiary/aromatic N) is 3. The number of piperazine rings is 1. The molecule has 2 aliphatic rings. The van der Waals surface area contributed by atoms with Crippen molar-refractivity contribution in [1.29, 1.82) is 0 Å². The summed E-state index contributed by atoms with van der Waals surface area (Å²) in [6, 6.07) is 11.8. The predicted molar refractivity (Wildman–Crippen MR) is 114 cm³/mol. The summed E-state index contributed by atoms with van der Waals surface area (Å²) in [6.07, 6.45) is -3.40. The zero-order chi connectivity index (χ0) is 21.3. The molecule has 30 heavy (non-hydrogen) atoms. The number of carbonyl (C=O) groups is 1. The SMILES string of the molecule is CN1C(=O)CSc2cc(CCN3CCN(c4cccc(C(F)(F)F)c4)CC3)ccc21. The third kappa shape index (κ3) is 4.59. The van der Waals surface area contributed by atoms with Gasteiger partial charge in [-0.1, -0.05) is 12.1 Å². The largest absolute Gasteiger partial charge is 0.416 e. The molecule has 1 fully saturated rings. The lowest BCUT2D eigenvalue weighted by molar-refractivity contribution is -0.137. The molecule has 0 aromatic heterocycles. The second-order valence-corrected chi connectivity index (χ2v) is 8.69.